The summed E-state index contributed by atoms with van der Waals surface area (Å²) < 4.78 is 7.03. The van der Waals surface area contributed by atoms with Crippen molar-refractivity contribution < 1.29 is 4.74 Å². The number of hydrogen-bond acceptors (Lipinski definition) is 5. The number of nitrogen functional groups attached to an aromatic ring is 1. The molecule has 0 saturated heterocycles. The lowest BCUT2D eigenvalue weighted by atomic mass is 10.4. The van der Waals surface area contributed by atoms with Crippen LogP contribution in [0.2, 0.25) is 0 Å². The molecule has 0 fully saturated rings. The summed E-state index contributed by atoms with van der Waals surface area (Å²) in [5.41, 5.74) is 6.75. The maximum atomic E-state index is 8.98. The Hall–Kier alpha value is -2.55. The SMILES string of the molecule is CCCOc1ncnc(-n2cccc2C#N)c1N. The molecule has 0 unspecified atom stereocenters. The third-order valence-corrected chi connectivity index (χ3v) is 2.36. The van der Waals surface area contributed by atoms with Crippen molar-refractivity contribution in [3.05, 3.63) is 30.4 Å². The number of rotatable bonds is 4. The van der Waals surface area contributed by atoms with Gasteiger partial charge in [0.15, 0.2) is 5.82 Å². The molecular formula is C12H13N5O. The summed E-state index contributed by atoms with van der Waals surface area (Å²) in [6.45, 7) is 2.54. The van der Waals surface area contributed by atoms with Crippen LogP contribution in [0.15, 0.2) is 24.7 Å². The molecule has 0 aromatic carbocycles. The fraction of sp³-hybridized carbons (Fsp3) is 0.250. The highest BCUT2D eigenvalue weighted by Crippen LogP contribution is 2.24. The Bertz CT molecular complexity index is 584. The number of ether oxygens (including phenoxy) is 1. The molecule has 0 aliphatic carbocycles. The van der Waals surface area contributed by atoms with Crippen LogP contribution in [0.5, 0.6) is 5.88 Å². The van der Waals surface area contributed by atoms with E-state index in [1.807, 2.05) is 6.92 Å². The van der Waals surface area contributed by atoms with E-state index in [0.29, 0.717) is 29.7 Å². The zero-order valence-corrected chi connectivity index (χ0v) is 10.00. The third-order valence-electron chi connectivity index (χ3n) is 2.36. The molecule has 0 aliphatic rings. The summed E-state index contributed by atoms with van der Waals surface area (Å²) in [5, 5.41) is 8.98. The average Bonchev–Trinajstić information content (AvgIpc) is 2.85. The molecule has 2 aromatic rings. The van der Waals surface area contributed by atoms with E-state index in [9.17, 15) is 0 Å². The van der Waals surface area contributed by atoms with Crippen molar-refractivity contribution >= 4 is 5.69 Å². The molecule has 0 atom stereocenters. The van der Waals surface area contributed by atoms with Crippen molar-refractivity contribution in [2.75, 3.05) is 12.3 Å². The summed E-state index contributed by atoms with van der Waals surface area (Å²) in [6.07, 6.45) is 3.96. The Labute approximate surface area is 105 Å². The lowest BCUT2D eigenvalue weighted by Crippen LogP contribution is -2.08. The molecule has 2 N–H and O–H groups in total. The lowest BCUT2D eigenvalue weighted by molar-refractivity contribution is 0.306. The molecule has 2 rings (SSSR count). The van der Waals surface area contributed by atoms with Crippen LogP contribution in [0.3, 0.4) is 0 Å². The van der Waals surface area contributed by atoms with Gasteiger partial charge >= 0.3 is 0 Å². The number of nitrogens with zero attached hydrogens (tertiary/aromatic N) is 4. The van der Waals surface area contributed by atoms with Gasteiger partial charge in [0.25, 0.3) is 0 Å². The smallest absolute Gasteiger partial charge is 0.242 e. The zero-order valence-electron chi connectivity index (χ0n) is 10.00. The number of aromatic nitrogens is 3. The third kappa shape index (κ3) is 2.11. The second-order valence-electron chi connectivity index (χ2n) is 3.64. The average molecular weight is 243 g/mol. The first-order valence-electron chi connectivity index (χ1n) is 5.59. The minimum atomic E-state index is 0.332. The molecule has 0 spiro atoms. The fourth-order valence-corrected chi connectivity index (χ4v) is 1.53. The van der Waals surface area contributed by atoms with Gasteiger partial charge in [-0.3, -0.25) is 4.57 Å². The first-order valence-corrected chi connectivity index (χ1v) is 5.59. The number of hydrogen-bond donors (Lipinski definition) is 1. The fourth-order valence-electron chi connectivity index (χ4n) is 1.53. The van der Waals surface area contributed by atoms with Crippen LogP contribution >= 0.6 is 0 Å². The van der Waals surface area contributed by atoms with Gasteiger partial charge in [-0.1, -0.05) is 6.92 Å². The van der Waals surface area contributed by atoms with Crippen LogP contribution in [0, 0.1) is 11.3 Å². The summed E-state index contributed by atoms with van der Waals surface area (Å²) in [4.78, 5) is 8.08. The predicted molar refractivity (Wildman–Crippen MR) is 66.3 cm³/mol. The Morgan fingerprint density at radius 3 is 3.06 bits per heavy atom. The second-order valence-corrected chi connectivity index (χ2v) is 3.64. The van der Waals surface area contributed by atoms with Crippen molar-refractivity contribution in [3.8, 4) is 17.8 Å². The zero-order chi connectivity index (χ0) is 13.0. The second kappa shape index (κ2) is 5.19. The summed E-state index contributed by atoms with van der Waals surface area (Å²) in [5.74, 6) is 0.803. The van der Waals surface area contributed by atoms with E-state index in [2.05, 4.69) is 16.0 Å². The van der Waals surface area contributed by atoms with Gasteiger partial charge in [0, 0.05) is 6.20 Å². The maximum absolute atomic E-state index is 8.98. The molecular weight excluding hydrogens is 230 g/mol. The van der Waals surface area contributed by atoms with Gasteiger partial charge in [-0.2, -0.15) is 10.2 Å². The van der Waals surface area contributed by atoms with Crippen LogP contribution in [0.4, 0.5) is 5.69 Å². The number of nitriles is 1. The van der Waals surface area contributed by atoms with Gasteiger partial charge in [0.2, 0.25) is 5.88 Å². The minimum absolute atomic E-state index is 0.332. The highest BCUT2D eigenvalue weighted by atomic mass is 16.5. The van der Waals surface area contributed by atoms with Gasteiger partial charge in [-0.25, -0.2) is 4.98 Å². The predicted octanol–water partition coefficient (Wildman–Crippen LogP) is 1.51. The molecule has 0 saturated carbocycles. The van der Waals surface area contributed by atoms with Crippen molar-refractivity contribution in [1.29, 1.82) is 5.26 Å². The van der Waals surface area contributed by atoms with Gasteiger partial charge in [-0.15, -0.1) is 0 Å². The molecule has 2 heterocycles. The molecule has 18 heavy (non-hydrogen) atoms. The standard InChI is InChI=1S/C12H13N5O/c1-2-6-18-12-10(14)11(15-8-16-12)17-5-3-4-9(17)7-13/h3-5,8H,2,6,14H2,1H3. The Morgan fingerprint density at radius 1 is 1.50 bits per heavy atom. The van der Waals surface area contributed by atoms with Crippen LogP contribution in [0.25, 0.3) is 5.82 Å². The van der Waals surface area contributed by atoms with Crippen molar-refractivity contribution in [2.24, 2.45) is 0 Å². The van der Waals surface area contributed by atoms with Crippen LogP contribution in [-0.4, -0.2) is 21.1 Å². The molecule has 6 nitrogen and oxygen atoms in total. The van der Waals surface area contributed by atoms with E-state index in [0.717, 1.165) is 6.42 Å². The summed E-state index contributed by atoms with van der Waals surface area (Å²) >= 11 is 0. The normalized spacial score (nSPS) is 10.0. The van der Waals surface area contributed by atoms with E-state index >= 15 is 0 Å². The monoisotopic (exact) mass is 243 g/mol. The Balaban J connectivity index is 2.43. The van der Waals surface area contributed by atoms with Crippen molar-refractivity contribution in [1.82, 2.24) is 14.5 Å². The molecule has 0 bridgehead atoms. The van der Waals surface area contributed by atoms with Crippen molar-refractivity contribution in [3.63, 3.8) is 0 Å². The Kier molecular flexibility index (Phi) is 3.44. The van der Waals surface area contributed by atoms with Crippen LogP contribution in [0.1, 0.15) is 19.0 Å². The maximum Gasteiger partial charge on any atom is 0.242 e. The summed E-state index contributed by atoms with van der Waals surface area (Å²) in [7, 11) is 0. The van der Waals surface area contributed by atoms with Crippen molar-refractivity contribution in [2.45, 2.75) is 13.3 Å². The highest BCUT2D eigenvalue weighted by Gasteiger charge is 2.12. The van der Waals surface area contributed by atoms with Gasteiger partial charge in [0.05, 0.1) is 6.61 Å². The van der Waals surface area contributed by atoms with Gasteiger partial charge in [0.1, 0.15) is 23.8 Å². The van der Waals surface area contributed by atoms with Crippen LogP contribution < -0.4 is 10.5 Å². The lowest BCUT2D eigenvalue weighted by Gasteiger charge is -2.10. The molecule has 6 heteroatoms. The molecule has 0 aliphatic heterocycles. The highest BCUT2D eigenvalue weighted by molar-refractivity contribution is 5.61. The van der Waals surface area contributed by atoms with E-state index in [-0.39, 0.29) is 0 Å². The van der Waals surface area contributed by atoms with Gasteiger partial charge < -0.3 is 10.5 Å². The molecule has 0 amide bonds. The first-order chi connectivity index (χ1) is 8.77. The van der Waals surface area contributed by atoms with E-state index in [1.165, 1.54) is 6.33 Å². The van der Waals surface area contributed by atoms with Crippen LogP contribution in [-0.2, 0) is 0 Å². The summed E-state index contributed by atoms with van der Waals surface area (Å²) in [6, 6.07) is 5.52. The molecule has 0 radical (unpaired) electrons. The Morgan fingerprint density at radius 2 is 2.33 bits per heavy atom. The van der Waals surface area contributed by atoms with E-state index < -0.39 is 0 Å². The molecule has 92 valence electrons. The topological polar surface area (TPSA) is 89.8 Å². The number of anilines is 1. The number of nitrogens with two attached hydrogens (primary N) is 1. The largest absolute Gasteiger partial charge is 0.476 e. The quantitative estimate of drug-likeness (QED) is 0.879. The minimum Gasteiger partial charge on any atom is -0.476 e. The first kappa shape index (κ1) is 11.9. The van der Waals surface area contributed by atoms with E-state index in [1.54, 1.807) is 22.9 Å². The molecule has 2 aromatic heterocycles. The van der Waals surface area contributed by atoms with Gasteiger partial charge in [-0.05, 0) is 18.6 Å². The van der Waals surface area contributed by atoms with E-state index in [4.69, 9.17) is 15.7 Å².